The molecule has 1 aromatic heterocycles. The Hall–Kier alpha value is -1.52. The molecule has 0 aliphatic carbocycles. The first kappa shape index (κ1) is 19.8. The Kier molecular flexibility index (Phi) is 6.53. The average Bonchev–Trinajstić information content (AvgIpc) is 2.50. The highest BCUT2D eigenvalue weighted by atomic mass is 35.5. The van der Waals surface area contributed by atoms with E-state index < -0.39 is 0 Å². The van der Waals surface area contributed by atoms with E-state index in [4.69, 9.17) is 16.3 Å². The number of benzene rings is 1. The molecule has 4 nitrogen and oxygen atoms in total. The minimum atomic E-state index is -0.00679. The van der Waals surface area contributed by atoms with Crippen molar-refractivity contribution in [2.24, 2.45) is 11.8 Å². The van der Waals surface area contributed by atoms with Crippen molar-refractivity contribution in [2.45, 2.75) is 41.2 Å². The lowest BCUT2D eigenvalue weighted by atomic mass is 10.1. The fraction of sp³-hybridized carbons (Fsp3) is 0.550. The molecule has 1 N–H and O–H groups in total. The monoisotopic (exact) mass is 364 g/mol. The first-order valence-electron chi connectivity index (χ1n) is 8.84. The van der Waals surface area contributed by atoms with Crippen molar-refractivity contribution in [2.75, 3.05) is 20.2 Å². The Labute approximate surface area is 155 Å². The Balaban J connectivity index is 2.54. The predicted octanol–water partition coefficient (Wildman–Crippen LogP) is 4.61. The van der Waals surface area contributed by atoms with Gasteiger partial charge in [-0.15, -0.1) is 0 Å². The summed E-state index contributed by atoms with van der Waals surface area (Å²) in [5.41, 5.74) is 2.31. The standard InChI is InChI=1S/C20H29ClN2O2/c1-12(2)9-23(10-13(3)4)11-15-14(5)22-19-17(25-6)8-7-16(21)18(19)20(15)24/h7-8,12-13H,9-11H2,1-6H3,(H,22,24). The third-order valence-corrected chi connectivity index (χ3v) is 4.55. The van der Waals surface area contributed by atoms with Gasteiger partial charge in [-0.05, 0) is 30.9 Å². The van der Waals surface area contributed by atoms with Gasteiger partial charge in [0.2, 0.25) is 0 Å². The van der Waals surface area contributed by atoms with Gasteiger partial charge in [-0.1, -0.05) is 39.3 Å². The van der Waals surface area contributed by atoms with E-state index in [0.717, 1.165) is 24.3 Å². The molecular weight excluding hydrogens is 336 g/mol. The molecule has 0 amide bonds. The maximum absolute atomic E-state index is 13.2. The first-order valence-corrected chi connectivity index (χ1v) is 9.22. The van der Waals surface area contributed by atoms with Crippen LogP contribution in [0.1, 0.15) is 39.0 Å². The summed E-state index contributed by atoms with van der Waals surface area (Å²) in [5.74, 6) is 1.72. The van der Waals surface area contributed by atoms with Crippen molar-refractivity contribution in [3.8, 4) is 5.75 Å². The van der Waals surface area contributed by atoms with Crippen LogP contribution in [0, 0.1) is 18.8 Å². The van der Waals surface area contributed by atoms with Crippen LogP contribution in [0.3, 0.4) is 0 Å². The average molecular weight is 365 g/mol. The molecule has 0 bridgehead atoms. The molecule has 1 aromatic carbocycles. The number of nitrogens with zero attached hydrogens (tertiary/aromatic N) is 1. The smallest absolute Gasteiger partial charge is 0.195 e. The SMILES string of the molecule is COc1ccc(Cl)c2c(=O)c(CN(CC(C)C)CC(C)C)c(C)[nH]c12. The zero-order valence-electron chi connectivity index (χ0n) is 16.1. The van der Waals surface area contributed by atoms with E-state index in [1.54, 1.807) is 19.2 Å². The lowest BCUT2D eigenvalue weighted by Gasteiger charge is -2.26. The van der Waals surface area contributed by atoms with Crippen molar-refractivity contribution < 1.29 is 4.74 Å². The third-order valence-electron chi connectivity index (χ3n) is 4.23. The number of aromatic nitrogens is 1. The Morgan fingerprint density at radius 3 is 2.28 bits per heavy atom. The lowest BCUT2D eigenvalue weighted by Crippen LogP contribution is -2.33. The molecule has 2 aromatic rings. The van der Waals surface area contributed by atoms with Gasteiger partial charge in [0.05, 0.1) is 23.0 Å². The Bertz CT molecular complexity index is 786. The summed E-state index contributed by atoms with van der Waals surface area (Å²) in [6, 6.07) is 3.50. The lowest BCUT2D eigenvalue weighted by molar-refractivity contribution is 0.210. The third kappa shape index (κ3) is 4.56. The number of hydrogen-bond acceptors (Lipinski definition) is 3. The topological polar surface area (TPSA) is 45.3 Å². The van der Waals surface area contributed by atoms with Gasteiger partial charge in [0.25, 0.3) is 0 Å². The molecule has 0 unspecified atom stereocenters. The van der Waals surface area contributed by atoms with Crippen molar-refractivity contribution in [1.29, 1.82) is 0 Å². The summed E-state index contributed by atoms with van der Waals surface area (Å²) < 4.78 is 5.38. The van der Waals surface area contributed by atoms with Gasteiger partial charge < -0.3 is 9.72 Å². The minimum Gasteiger partial charge on any atom is -0.495 e. The summed E-state index contributed by atoms with van der Waals surface area (Å²) >= 11 is 6.33. The molecule has 138 valence electrons. The number of ether oxygens (including phenoxy) is 1. The van der Waals surface area contributed by atoms with Crippen LogP contribution >= 0.6 is 11.6 Å². The molecule has 0 spiro atoms. The number of nitrogens with one attached hydrogen (secondary N) is 1. The summed E-state index contributed by atoms with van der Waals surface area (Å²) in [6.07, 6.45) is 0. The number of aryl methyl sites for hydroxylation is 1. The molecule has 0 saturated heterocycles. The molecule has 2 rings (SSSR count). The van der Waals surface area contributed by atoms with Crippen LogP contribution in [0.5, 0.6) is 5.75 Å². The number of hydrogen-bond donors (Lipinski definition) is 1. The number of fused-ring (bicyclic) bond motifs is 1. The molecule has 0 radical (unpaired) electrons. The summed E-state index contributed by atoms with van der Waals surface area (Å²) in [5, 5.41) is 0.966. The van der Waals surface area contributed by atoms with Gasteiger partial charge in [0.15, 0.2) is 5.43 Å². The van der Waals surface area contributed by atoms with Crippen LogP contribution in [0.4, 0.5) is 0 Å². The molecule has 5 heteroatoms. The maximum atomic E-state index is 13.2. The second kappa shape index (κ2) is 8.24. The quantitative estimate of drug-likeness (QED) is 0.780. The van der Waals surface area contributed by atoms with Crippen LogP contribution < -0.4 is 10.2 Å². The Morgan fingerprint density at radius 1 is 1.16 bits per heavy atom. The van der Waals surface area contributed by atoms with Crippen LogP contribution in [0.2, 0.25) is 5.02 Å². The van der Waals surface area contributed by atoms with Gasteiger partial charge in [-0.3, -0.25) is 9.69 Å². The predicted molar refractivity (Wildman–Crippen MR) is 106 cm³/mol. The molecule has 1 heterocycles. The fourth-order valence-corrected chi connectivity index (χ4v) is 3.55. The molecular formula is C20H29ClN2O2. The number of rotatable bonds is 7. The van der Waals surface area contributed by atoms with E-state index in [0.29, 0.717) is 40.1 Å². The highest BCUT2D eigenvalue weighted by Gasteiger charge is 2.18. The normalized spacial score (nSPS) is 11.9. The number of halogens is 1. The zero-order valence-corrected chi connectivity index (χ0v) is 16.8. The zero-order chi connectivity index (χ0) is 18.7. The van der Waals surface area contributed by atoms with Gasteiger partial charge >= 0.3 is 0 Å². The number of pyridine rings is 1. The summed E-state index contributed by atoms with van der Waals surface area (Å²) in [7, 11) is 1.59. The van der Waals surface area contributed by atoms with E-state index in [2.05, 4.69) is 37.6 Å². The van der Waals surface area contributed by atoms with Crippen molar-refractivity contribution in [3.63, 3.8) is 0 Å². The highest BCUT2D eigenvalue weighted by molar-refractivity contribution is 6.35. The number of methoxy groups -OCH3 is 1. The van der Waals surface area contributed by atoms with Crippen molar-refractivity contribution in [1.82, 2.24) is 9.88 Å². The highest BCUT2D eigenvalue weighted by Crippen LogP contribution is 2.29. The van der Waals surface area contributed by atoms with Crippen LogP contribution in [-0.2, 0) is 6.54 Å². The molecule has 0 fully saturated rings. The number of aromatic amines is 1. The first-order chi connectivity index (χ1) is 11.7. The van der Waals surface area contributed by atoms with E-state index in [1.165, 1.54) is 0 Å². The molecule has 0 atom stereocenters. The van der Waals surface area contributed by atoms with E-state index in [-0.39, 0.29) is 5.43 Å². The second-order valence-corrected chi connectivity index (χ2v) is 7.95. The fourth-order valence-electron chi connectivity index (χ4n) is 3.31. The van der Waals surface area contributed by atoms with Crippen molar-refractivity contribution >= 4 is 22.5 Å². The summed E-state index contributed by atoms with van der Waals surface area (Å²) in [4.78, 5) is 18.8. The molecule has 0 saturated carbocycles. The van der Waals surface area contributed by atoms with E-state index >= 15 is 0 Å². The maximum Gasteiger partial charge on any atom is 0.195 e. The molecule has 25 heavy (non-hydrogen) atoms. The second-order valence-electron chi connectivity index (χ2n) is 7.54. The Morgan fingerprint density at radius 2 is 1.76 bits per heavy atom. The largest absolute Gasteiger partial charge is 0.495 e. The van der Waals surface area contributed by atoms with Gasteiger partial charge in [0, 0.05) is 30.9 Å². The van der Waals surface area contributed by atoms with E-state index in [1.807, 2.05) is 6.92 Å². The van der Waals surface area contributed by atoms with Gasteiger partial charge in [-0.25, -0.2) is 0 Å². The number of H-pyrrole nitrogens is 1. The minimum absolute atomic E-state index is 0.00679. The van der Waals surface area contributed by atoms with Crippen LogP contribution in [0.25, 0.3) is 10.9 Å². The summed E-state index contributed by atoms with van der Waals surface area (Å²) in [6.45, 7) is 13.3. The van der Waals surface area contributed by atoms with Crippen molar-refractivity contribution in [3.05, 3.63) is 38.6 Å². The molecule has 0 aliphatic heterocycles. The molecule has 0 aliphatic rings. The van der Waals surface area contributed by atoms with Crippen LogP contribution in [0.15, 0.2) is 16.9 Å². The van der Waals surface area contributed by atoms with E-state index in [9.17, 15) is 4.79 Å². The van der Waals surface area contributed by atoms with Gasteiger partial charge in [-0.2, -0.15) is 0 Å². The van der Waals surface area contributed by atoms with Crippen LogP contribution in [-0.4, -0.2) is 30.1 Å². The van der Waals surface area contributed by atoms with Gasteiger partial charge in [0.1, 0.15) is 5.75 Å².